The van der Waals surface area contributed by atoms with Crippen LogP contribution < -0.4 is 39.0 Å². The zero-order valence-electron chi connectivity index (χ0n) is 27.3. The summed E-state index contributed by atoms with van der Waals surface area (Å²) >= 11 is 6.59. The van der Waals surface area contributed by atoms with Crippen LogP contribution >= 0.6 is 31.9 Å². The van der Waals surface area contributed by atoms with E-state index >= 15 is 0 Å². The smallest absolute Gasteiger partial charge is 1.00 e. The van der Waals surface area contributed by atoms with Crippen molar-refractivity contribution in [2.24, 2.45) is 0 Å². The van der Waals surface area contributed by atoms with Crippen LogP contribution in [0.4, 0.5) is 0 Å². The molecule has 0 bridgehead atoms. The molecule has 0 aromatic heterocycles. The standard InChI is InChI=1S/C15H15BrO4S.C15H13BrO4S.CH4O.CH4.2B.Na.H/c2*1-2-21(18,19)14-6-3-12(4-7-14)20-13-5-8-15(16)11(9-13)10-17;1-2;;;;;/h3-9,17H,2,10H2,1H3;3-10H,2H2,1H3;2H,1H3;1H4;;;;/q;;;;;;+1;-1. The van der Waals surface area contributed by atoms with Gasteiger partial charge in [0, 0.05) is 38.4 Å². The van der Waals surface area contributed by atoms with Crippen molar-refractivity contribution in [3.63, 3.8) is 0 Å². The molecule has 0 saturated heterocycles. The average molecular weight is 834 g/mol. The number of carbonyl (C=O) groups excluding carboxylic acids is 1. The number of benzene rings is 4. The molecule has 0 aliphatic rings. The van der Waals surface area contributed by atoms with Crippen LogP contribution in [0.5, 0.6) is 23.0 Å². The van der Waals surface area contributed by atoms with Crippen LogP contribution in [-0.4, -0.2) is 68.8 Å². The zero-order chi connectivity index (χ0) is 32.9. The largest absolute Gasteiger partial charge is 1.00 e. The third-order valence-corrected chi connectivity index (χ3v) is 10.9. The van der Waals surface area contributed by atoms with Gasteiger partial charge < -0.3 is 21.1 Å². The van der Waals surface area contributed by atoms with Crippen molar-refractivity contribution in [3.8, 4) is 23.0 Å². The van der Waals surface area contributed by atoms with Crippen molar-refractivity contribution >= 4 is 74.6 Å². The quantitative estimate of drug-likeness (QED) is 0.179. The number of hydrogen-bond acceptors (Lipinski definition) is 9. The molecule has 252 valence electrons. The third kappa shape index (κ3) is 14.9. The first kappa shape index (κ1) is 50.4. The molecule has 0 spiro atoms. The van der Waals surface area contributed by atoms with Gasteiger partial charge in [0.05, 0.1) is 27.9 Å². The predicted octanol–water partition coefficient (Wildman–Crippen LogP) is 3.97. The van der Waals surface area contributed by atoms with E-state index in [0.717, 1.165) is 23.4 Å². The number of rotatable bonds is 10. The van der Waals surface area contributed by atoms with Crippen LogP contribution in [0.25, 0.3) is 0 Å². The summed E-state index contributed by atoms with van der Waals surface area (Å²) in [5.74, 6) is 2.25. The molecule has 0 aliphatic carbocycles. The normalized spacial score (nSPS) is 9.98. The second kappa shape index (κ2) is 24.2. The molecule has 6 radical (unpaired) electrons. The Morgan fingerprint density at radius 2 is 1.02 bits per heavy atom. The maximum Gasteiger partial charge on any atom is 1.00 e. The van der Waals surface area contributed by atoms with Gasteiger partial charge in [0.2, 0.25) is 0 Å². The molecule has 48 heavy (non-hydrogen) atoms. The van der Waals surface area contributed by atoms with E-state index in [-0.39, 0.29) is 83.1 Å². The molecule has 0 fully saturated rings. The Labute approximate surface area is 328 Å². The summed E-state index contributed by atoms with van der Waals surface area (Å²) in [5.41, 5.74) is 1.20. The van der Waals surface area contributed by atoms with Gasteiger partial charge in [-0.2, -0.15) is 0 Å². The van der Waals surface area contributed by atoms with Crippen LogP contribution in [0.1, 0.15) is 38.6 Å². The second-order valence-corrected chi connectivity index (χ2v) is 14.9. The SMILES string of the molecule is C.CCS(=O)(=O)c1ccc(Oc2ccc(Br)c(C=O)c2)cc1.CCS(=O)(=O)c1ccc(Oc2ccc(Br)c(CO)c2)cc1.CO.[B].[B].[H-].[Na+]. The molecule has 9 nitrogen and oxygen atoms in total. The van der Waals surface area contributed by atoms with Gasteiger partial charge in [0.25, 0.3) is 0 Å². The summed E-state index contributed by atoms with van der Waals surface area (Å²) in [7, 11) is -5.41. The molecule has 0 unspecified atom stereocenters. The Kier molecular flexibility index (Phi) is 25.5. The van der Waals surface area contributed by atoms with Crippen molar-refractivity contribution in [1.82, 2.24) is 0 Å². The van der Waals surface area contributed by atoms with Crippen LogP contribution in [-0.2, 0) is 26.3 Å². The van der Waals surface area contributed by atoms with Gasteiger partial charge in [-0.15, -0.1) is 0 Å². The molecule has 4 aromatic rings. The topological polar surface area (TPSA) is 144 Å². The van der Waals surface area contributed by atoms with E-state index < -0.39 is 19.7 Å². The van der Waals surface area contributed by atoms with Gasteiger partial charge >= 0.3 is 29.6 Å². The van der Waals surface area contributed by atoms with E-state index in [0.29, 0.717) is 33.0 Å². The molecule has 2 N–H and O–H groups in total. The summed E-state index contributed by atoms with van der Waals surface area (Å²) in [6.07, 6.45) is 0.730. The van der Waals surface area contributed by atoms with E-state index in [1.807, 2.05) is 0 Å². The summed E-state index contributed by atoms with van der Waals surface area (Å²) in [5, 5.41) is 16.2. The van der Waals surface area contributed by atoms with Crippen LogP contribution in [0.2, 0.25) is 0 Å². The van der Waals surface area contributed by atoms with E-state index in [4.69, 9.17) is 14.6 Å². The van der Waals surface area contributed by atoms with Gasteiger partial charge in [-0.25, -0.2) is 16.8 Å². The summed E-state index contributed by atoms with van der Waals surface area (Å²) in [6, 6.07) is 22.8. The Morgan fingerprint density at radius 1 is 0.667 bits per heavy atom. The minimum Gasteiger partial charge on any atom is -1.00 e. The van der Waals surface area contributed by atoms with E-state index in [1.54, 1.807) is 74.5 Å². The monoisotopic (exact) mass is 832 g/mol. The van der Waals surface area contributed by atoms with Gasteiger partial charge in [-0.05, 0) is 90.5 Å². The fraction of sp³-hybridized carbons (Fsp3) is 0.219. The first-order valence-electron chi connectivity index (χ1n) is 13.0. The van der Waals surface area contributed by atoms with Gasteiger partial charge in [-0.1, -0.05) is 53.1 Å². The van der Waals surface area contributed by atoms with Gasteiger partial charge in [0.1, 0.15) is 23.0 Å². The molecular weight excluding hydrogens is 797 g/mol. The van der Waals surface area contributed by atoms with Crippen molar-refractivity contribution in [1.29, 1.82) is 0 Å². The van der Waals surface area contributed by atoms with Crippen LogP contribution in [0.15, 0.2) is 104 Å². The zero-order valence-corrected chi connectivity index (χ0v) is 33.1. The first-order valence-corrected chi connectivity index (χ1v) is 17.9. The Balaban J connectivity index is -0.000000358. The van der Waals surface area contributed by atoms with Crippen LogP contribution in [0.3, 0.4) is 0 Å². The molecule has 0 saturated carbocycles. The second-order valence-electron chi connectivity index (χ2n) is 8.67. The Hall–Kier alpha value is -1.94. The van der Waals surface area contributed by atoms with E-state index in [9.17, 15) is 26.7 Å². The third-order valence-electron chi connectivity index (χ3n) is 5.88. The Bertz CT molecular complexity index is 1770. The number of ether oxygens (including phenoxy) is 2. The molecular formula is C32H37B2Br2NaO9S2. The summed E-state index contributed by atoms with van der Waals surface area (Å²) in [6.45, 7) is 3.12. The van der Waals surface area contributed by atoms with Crippen molar-refractivity contribution in [2.45, 2.75) is 37.7 Å². The number of aliphatic hydroxyl groups is 2. The minimum atomic E-state index is -3.21. The molecule has 0 aliphatic heterocycles. The number of hydrogen-bond donors (Lipinski definition) is 2. The van der Waals surface area contributed by atoms with E-state index in [2.05, 4.69) is 31.9 Å². The number of aldehydes is 1. The fourth-order valence-corrected chi connectivity index (χ4v) is 5.93. The van der Waals surface area contributed by atoms with Crippen molar-refractivity contribution < 1.29 is 72.3 Å². The molecule has 16 heteroatoms. The summed E-state index contributed by atoms with van der Waals surface area (Å²) in [4.78, 5) is 11.4. The number of carbonyl (C=O) groups is 1. The first-order chi connectivity index (χ1) is 20.9. The van der Waals surface area contributed by atoms with E-state index in [1.165, 1.54) is 24.3 Å². The predicted molar refractivity (Wildman–Crippen MR) is 196 cm³/mol. The maximum atomic E-state index is 11.7. The maximum absolute atomic E-state index is 11.7. The molecule has 4 aromatic carbocycles. The van der Waals surface area contributed by atoms with Gasteiger partial charge in [0.15, 0.2) is 26.0 Å². The molecule has 0 heterocycles. The minimum absolute atomic E-state index is 0. The molecule has 4 rings (SSSR count). The van der Waals surface area contributed by atoms with Crippen molar-refractivity contribution in [3.05, 3.63) is 105 Å². The van der Waals surface area contributed by atoms with Gasteiger partial charge in [-0.3, -0.25) is 4.79 Å². The summed E-state index contributed by atoms with van der Waals surface area (Å²) < 4.78 is 59.6. The number of halogens is 2. The Morgan fingerprint density at radius 3 is 1.38 bits per heavy atom. The number of aliphatic hydroxyl groups excluding tert-OH is 2. The van der Waals surface area contributed by atoms with Crippen molar-refractivity contribution in [2.75, 3.05) is 18.6 Å². The fourth-order valence-electron chi connectivity index (χ4n) is 3.45. The van der Waals surface area contributed by atoms with Crippen LogP contribution in [0, 0.1) is 0 Å². The molecule has 0 atom stereocenters. The number of sulfone groups is 2. The average Bonchev–Trinajstić information content (AvgIpc) is 3.04. The molecule has 0 amide bonds.